The van der Waals surface area contributed by atoms with Gasteiger partial charge in [-0.2, -0.15) is 0 Å². The number of hydrogen-bond donors (Lipinski definition) is 2. The fourth-order valence-corrected chi connectivity index (χ4v) is 4.13. The summed E-state index contributed by atoms with van der Waals surface area (Å²) in [4.78, 5) is 0.353. The van der Waals surface area contributed by atoms with Crippen LogP contribution in [0.15, 0.2) is 27.6 Å². The molecule has 1 aromatic rings. The van der Waals surface area contributed by atoms with Gasteiger partial charge < -0.3 is 5.32 Å². The van der Waals surface area contributed by atoms with E-state index in [1.807, 2.05) is 6.07 Å². The van der Waals surface area contributed by atoms with Crippen LogP contribution in [0.4, 0.5) is 0 Å². The Morgan fingerprint density at radius 2 is 2.20 bits per heavy atom. The van der Waals surface area contributed by atoms with Crippen LogP contribution in [0.3, 0.4) is 0 Å². The molecular formula is C13H20BrClN2O2S. The maximum atomic E-state index is 12.2. The standard InChI is InChI=1S/C13H19BrN2O2S.ClH/c1-10-12(14)3-2-4-13(10)19(17,18)16-8-6-11-5-7-15-9-11;/h2-4,11,15-16H,5-9H2,1H3;1H. The molecule has 0 bridgehead atoms. The largest absolute Gasteiger partial charge is 0.316 e. The van der Waals surface area contributed by atoms with E-state index in [0.29, 0.717) is 17.4 Å². The number of nitrogens with one attached hydrogen (secondary N) is 2. The van der Waals surface area contributed by atoms with Crippen molar-refractivity contribution in [1.82, 2.24) is 10.0 Å². The predicted molar refractivity (Wildman–Crippen MR) is 86.9 cm³/mol. The Bertz CT molecular complexity index is 545. The Morgan fingerprint density at radius 3 is 2.85 bits per heavy atom. The maximum absolute atomic E-state index is 12.2. The molecule has 0 aromatic heterocycles. The van der Waals surface area contributed by atoms with E-state index in [1.165, 1.54) is 0 Å². The normalized spacial score (nSPS) is 18.8. The molecule has 0 amide bonds. The summed E-state index contributed by atoms with van der Waals surface area (Å²) in [6.45, 7) is 4.35. The van der Waals surface area contributed by atoms with Crippen LogP contribution in [-0.2, 0) is 10.0 Å². The molecule has 0 radical (unpaired) electrons. The van der Waals surface area contributed by atoms with Gasteiger partial charge in [-0.05, 0) is 56.5 Å². The Kier molecular flexibility index (Phi) is 6.94. The molecule has 114 valence electrons. The molecule has 4 nitrogen and oxygen atoms in total. The number of benzene rings is 1. The summed E-state index contributed by atoms with van der Waals surface area (Å²) in [6, 6.07) is 5.23. The first-order valence-electron chi connectivity index (χ1n) is 6.46. The van der Waals surface area contributed by atoms with Gasteiger partial charge in [0.15, 0.2) is 0 Å². The monoisotopic (exact) mass is 382 g/mol. The van der Waals surface area contributed by atoms with Crippen molar-refractivity contribution in [2.75, 3.05) is 19.6 Å². The SMILES string of the molecule is Cc1c(Br)cccc1S(=O)(=O)NCCC1CCNC1.Cl. The average Bonchev–Trinajstić information content (AvgIpc) is 2.85. The van der Waals surface area contributed by atoms with Crippen molar-refractivity contribution in [2.45, 2.75) is 24.7 Å². The molecule has 1 fully saturated rings. The van der Waals surface area contributed by atoms with E-state index in [1.54, 1.807) is 19.1 Å². The molecule has 1 heterocycles. The summed E-state index contributed by atoms with van der Waals surface area (Å²) in [5.74, 6) is 0.589. The summed E-state index contributed by atoms with van der Waals surface area (Å²) in [5.41, 5.74) is 0.748. The lowest BCUT2D eigenvalue weighted by molar-refractivity contribution is 0.519. The molecule has 2 N–H and O–H groups in total. The van der Waals surface area contributed by atoms with Gasteiger partial charge in [0.25, 0.3) is 0 Å². The van der Waals surface area contributed by atoms with E-state index < -0.39 is 10.0 Å². The zero-order valence-corrected chi connectivity index (χ0v) is 14.6. The fourth-order valence-electron chi connectivity index (χ4n) is 2.31. The topological polar surface area (TPSA) is 58.2 Å². The van der Waals surface area contributed by atoms with E-state index in [0.717, 1.165) is 36.0 Å². The van der Waals surface area contributed by atoms with Crippen molar-refractivity contribution in [1.29, 1.82) is 0 Å². The summed E-state index contributed by atoms with van der Waals surface area (Å²) < 4.78 is 28.0. The van der Waals surface area contributed by atoms with Crippen molar-refractivity contribution in [3.63, 3.8) is 0 Å². The minimum absolute atomic E-state index is 0. The van der Waals surface area contributed by atoms with Gasteiger partial charge in [0.05, 0.1) is 4.90 Å². The van der Waals surface area contributed by atoms with Crippen LogP contribution in [-0.4, -0.2) is 28.1 Å². The molecule has 0 saturated carbocycles. The lowest BCUT2D eigenvalue weighted by Crippen LogP contribution is -2.27. The van der Waals surface area contributed by atoms with Gasteiger partial charge in [-0.25, -0.2) is 13.1 Å². The van der Waals surface area contributed by atoms with Gasteiger partial charge in [0.1, 0.15) is 0 Å². The minimum Gasteiger partial charge on any atom is -0.316 e. The Morgan fingerprint density at radius 1 is 1.45 bits per heavy atom. The first kappa shape index (κ1) is 17.9. The summed E-state index contributed by atoms with van der Waals surface area (Å²) in [5, 5.41) is 3.28. The molecule has 2 rings (SSSR count). The van der Waals surface area contributed by atoms with Gasteiger partial charge in [0.2, 0.25) is 10.0 Å². The molecule has 1 aliphatic heterocycles. The zero-order valence-electron chi connectivity index (χ0n) is 11.4. The molecule has 1 saturated heterocycles. The Balaban J connectivity index is 0.00000200. The highest BCUT2D eigenvalue weighted by Crippen LogP contribution is 2.23. The van der Waals surface area contributed by atoms with Crippen LogP contribution in [0, 0.1) is 12.8 Å². The first-order valence-corrected chi connectivity index (χ1v) is 8.74. The molecular weight excluding hydrogens is 364 g/mol. The number of rotatable bonds is 5. The van der Waals surface area contributed by atoms with E-state index in [2.05, 4.69) is 26.0 Å². The lowest BCUT2D eigenvalue weighted by Gasteiger charge is -2.12. The van der Waals surface area contributed by atoms with Crippen LogP contribution in [0.5, 0.6) is 0 Å². The highest BCUT2D eigenvalue weighted by Gasteiger charge is 2.19. The van der Waals surface area contributed by atoms with Crippen molar-refractivity contribution in [2.24, 2.45) is 5.92 Å². The summed E-state index contributed by atoms with van der Waals surface area (Å²) in [6.07, 6.45) is 2.02. The van der Waals surface area contributed by atoms with Crippen LogP contribution in [0.25, 0.3) is 0 Å². The Hall–Kier alpha value is -0.140. The van der Waals surface area contributed by atoms with Gasteiger partial charge in [-0.1, -0.05) is 22.0 Å². The van der Waals surface area contributed by atoms with Gasteiger partial charge >= 0.3 is 0 Å². The summed E-state index contributed by atoms with van der Waals surface area (Å²) >= 11 is 3.36. The highest BCUT2D eigenvalue weighted by molar-refractivity contribution is 9.10. The average molecular weight is 384 g/mol. The first-order chi connectivity index (χ1) is 9.00. The van der Waals surface area contributed by atoms with Crippen LogP contribution >= 0.6 is 28.3 Å². The van der Waals surface area contributed by atoms with Crippen molar-refractivity contribution < 1.29 is 8.42 Å². The maximum Gasteiger partial charge on any atom is 0.240 e. The smallest absolute Gasteiger partial charge is 0.240 e. The van der Waals surface area contributed by atoms with Crippen molar-refractivity contribution in [3.05, 3.63) is 28.2 Å². The third kappa shape index (κ3) is 4.43. The molecule has 20 heavy (non-hydrogen) atoms. The molecule has 7 heteroatoms. The van der Waals surface area contributed by atoms with E-state index in [9.17, 15) is 8.42 Å². The van der Waals surface area contributed by atoms with Crippen LogP contribution < -0.4 is 10.0 Å². The third-order valence-corrected chi connectivity index (χ3v) is 5.98. The molecule has 1 aliphatic rings. The van der Waals surface area contributed by atoms with Crippen LogP contribution in [0.2, 0.25) is 0 Å². The van der Waals surface area contributed by atoms with Crippen molar-refractivity contribution in [3.8, 4) is 0 Å². The zero-order chi connectivity index (χ0) is 13.9. The van der Waals surface area contributed by atoms with Crippen molar-refractivity contribution >= 4 is 38.4 Å². The third-order valence-electron chi connectivity index (χ3n) is 3.51. The highest BCUT2D eigenvalue weighted by atomic mass is 79.9. The fraction of sp³-hybridized carbons (Fsp3) is 0.538. The number of halogens is 2. The Labute approximate surface area is 135 Å². The van der Waals surface area contributed by atoms with Gasteiger partial charge in [-0.3, -0.25) is 0 Å². The van der Waals surface area contributed by atoms with Gasteiger partial charge in [0, 0.05) is 11.0 Å². The lowest BCUT2D eigenvalue weighted by atomic mass is 10.1. The molecule has 1 atom stereocenters. The van der Waals surface area contributed by atoms with E-state index in [4.69, 9.17) is 0 Å². The number of hydrogen-bond acceptors (Lipinski definition) is 3. The second-order valence-electron chi connectivity index (χ2n) is 4.91. The predicted octanol–water partition coefficient (Wildman–Crippen LogP) is 2.46. The van der Waals surface area contributed by atoms with Crippen LogP contribution in [0.1, 0.15) is 18.4 Å². The molecule has 1 unspecified atom stereocenters. The van der Waals surface area contributed by atoms with E-state index >= 15 is 0 Å². The molecule has 0 aliphatic carbocycles. The second kappa shape index (κ2) is 7.75. The number of sulfonamides is 1. The summed E-state index contributed by atoms with van der Waals surface area (Å²) in [7, 11) is -3.41. The van der Waals surface area contributed by atoms with Gasteiger partial charge in [-0.15, -0.1) is 12.4 Å². The van der Waals surface area contributed by atoms with E-state index in [-0.39, 0.29) is 12.4 Å². The molecule has 0 spiro atoms. The molecule has 1 aromatic carbocycles. The quantitative estimate of drug-likeness (QED) is 0.821. The minimum atomic E-state index is -3.41. The second-order valence-corrected chi connectivity index (χ2v) is 7.50.